The summed E-state index contributed by atoms with van der Waals surface area (Å²) in [7, 11) is -3.58. The van der Waals surface area contributed by atoms with Gasteiger partial charge in [0.2, 0.25) is 5.78 Å². The van der Waals surface area contributed by atoms with Gasteiger partial charge in [-0.05, 0) is 31.0 Å². The van der Waals surface area contributed by atoms with E-state index in [0.29, 0.717) is 5.56 Å². The molecule has 0 spiro atoms. The molecule has 0 amide bonds. The standard InChI is InChI=1S/C19H20O5S/c1-4-14-9-11-15(12-10-14)18(20)13(2)24-19(21)16-7-5-6-8-17(16)25(3,22)23/h5-13H,4H2,1-3H3. The van der Waals surface area contributed by atoms with Crippen molar-refractivity contribution in [2.75, 3.05) is 6.26 Å². The Morgan fingerprint density at radius 3 is 2.20 bits per heavy atom. The molecule has 25 heavy (non-hydrogen) atoms. The summed E-state index contributed by atoms with van der Waals surface area (Å²) < 4.78 is 28.8. The average molecular weight is 360 g/mol. The van der Waals surface area contributed by atoms with E-state index in [0.717, 1.165) is 18.2 Å². The minimum Gasteiger partial charge on any atom is -0.451 e. The Kier molecular flexibility index (Phi) is 5.74. The first-order valence-electron chi connectivity index (χ1n) is 7.87. The number of ketones is 1. The number of ether oxygens (including phenoxy) is 1. The molecule has 0 aliphatic rings. The van der Waals surface area contributed by atoms with Crippen LogP contribution in [0.15, 0.2) is 53.4 Å². The second-order valence-corrected chi connectivity index (χ2v) is 7.71. The molecule has 0 saturated carbocycles. The van der Waals surface area contributed by atoms with Gasteiger partial charge < -0.3 is 4.74 Å². The fraction of sp³-hybridized carbons (Fsp3) is 0.263. The first-order chi connectivity index (χ1) is 11.7. The van der Waals surface area contributed by atoms with Gasteiger partial charge in [0.05, 0.1) is 10.5 Å². The Morgan fingerprint density at radius 2 is 1.64 bits per heavy atom. The topological polar surface area (TPSA) is 77.5 Å². The molecule has 0 aliphatic heterocycles. The fourth-order valence-corrected chi connectivity index (χ4v) is 3.25. The minimum absolute atomic E-state index is 0.0778. The Hall–Kier alpha value is -2.47. The predicted molar refractivity (Wildman–Crippen MR) is 94.6 cm³/mol. The predicted octanol–water partition coefficient (Wildman–Crippen LogP) is 3.08. The first kappa shape index (κ1) is 18.9. The number of hydrogen-bond acceptors (Lipinski definition) is 5. The highest BCUT2D eigenvalue weighted by Gasteiger charge is 2.24. The molecule has 6 heteroatoms. The summed E-state index contributed by atoms with van der Waals surface area (Å²) >= 11 is 0. The van der Waals surface area contributed by atoms with Crippen molar-refractivity contribution in [2.45, 2.75) is 31.3 Å². The van der Waals surface area contributed by atoms with Crippen LogP contribution in [-0.2, 0) is 21.0 Å². The summed E-state index contributed by atoms with van der Waals surface area (Å²) in [5.74, 6) is -1.18. The van der Waals surface area contributed by atoms with Gasteiger partial charge >= 0.3 is 5.97 Å². The zero-order chi connectivity index (χ0) is 18.6. The molecular formula is C19H20O5S. The molecule has 1 atom stereocenters. The zero-order valence-electron chi connectivity index (χ0n) is 14.4. The van der Waals surface area contributed by atoms with Crippen LogP contribution in [0.1, 0.15) is 40.1 Å². The van der Waals surface area contributed by atoms with Crippen molar-refractivity contribution in [1.29, 1.82) is 0 Å². The summed E-state index contributed by atoms with van der Waals surface area (Å²) in [6, 6.07) is 12.8. The van der Waals surface area contributed by atoms with Crippen LogP contribution < -0.4 is 0 Å². The Labute approximate surface area is 147 Å². The molecular weight excluding hydrogens is 340 g/mol. The van der Waals surface area contributed by atoms with E-state index < -0.39 is 21.9 Å². The highest BCUT2D eigenvalue weighted by molar-refractivity contribution is 7.90. The lowest BCUT2D eigenvalue weighted by molar-refractivity contribution is 0.0315. The number of benzene rings is 2. The van der Waals surface area contributed by atoms with Crippen molar-refractivity contribution >= 4 is 21.6 Å². The molecule has 0 saturated heterocycles. The number of rotatable bonds is 6. The van der Waals surface area contributed by atoms with Gasteiger partial charge in [0.15, 0.2) is 15.9 Å². The van der Waals surface area contributed by atoms with Crippen molar-refractivity contribution in [2.24, 2.45) is 0 Å². The van der Waals surface area contributed by atoms with Crippen molar-refractivity contribution in [3.8, 4) is 0 Å². The zero-order valence-corrected chi connectivity index (χ0v) is 15.2. The third-order valence-electron chi connectivity index (χ3n) is 3.81. The van der Waals surface area contributed by atoms with Gasteiger partial charge in [-0.1, -0.05) is 43.3 Å². The van der Waals surface area contributed by atoms with E-state index in [1.165, 1.54) is 25.1 Å². The second-order valence-electron chi connectivity index (χ2n) is 5.73. The summed E-state index contributed by atoms with van der Waals surface area (Å²) in [5.41, 5.74) is 1.46. The van der Waals surface area contributed by atoms with Crippen molar-refractivity contribution in [3.63, 3.8) is 0 Å². The largest absolute Gasteiger partial charge is 0.451 e. The Balaban J connectivity index is 2.19. The van der Waals surface area contributed by atoms with Crippen LogP contribution in [0, 0.1) is 0 Å². The molecule has 0 bridgehead atoms. The third kappa shape index (κ3) is 4.54. The molecule has 0 fully saturated rings. The number of Topliss-reactive ketones (excluding diaryl/α,β-unsaturated/α-hetero) is 1. The number of carbonyl (C=O) groups excluding carboxylic acids is 2. The maximum absolute atomic E-state index is 12.4. The summed E-state index contributed by atoms with van der Waals surface area (Å²) in [6.45, 7) is 3.48. The van der Waals surface area contributed by atoms with Crippen LogP contribution in [0.25, 0.3) is 0 Å². The Bertz CT molecular complexity index is 882. The monoisotopic (exact) mass is 360 g/mol. The fourth-order valence-electron chi connectivity index (χ4n) is 2.38. The first-order valence-corrected chi connectivity index (χ1v) is 9.76. The molecule has 0 radical (unpaired) electrons. The molecule has 0 heterocycles. The van der Waals surface area contributed by atoms with E-state index in [9.17, 15) is 18.0 Å². The third-order valence-corrected chi connectivity index (χ3v) is 4.96. The van der Waals surface area contributed by atoms with Gasteiger partial charge in [0, 0.05) is 11.8 Å². The second kappa shape index (κ2) is 7.61. The van der Waals surface area contributed by atoms with Gasteiger partial charge in [0.1, 0.15) is 0 Å². The minimum atomic E-state index is -3.58. The molecule has 5 nitrogen and oxygen atoms in total. The number of aryl methyl sites for hydroxylation is 1. The van der Waals surface area contributed by atoms with Gasteiger partial charge in [-0.2, -0.15) is 0 Å². The van der Waals surface area contributed by atoms with Crippen molar-refractivity contribution in [1.82, 2.24) is 0 Å². The van der Waals surface area contributed by atoms with E-state index in [1.54, 1.807) is 18.2 Å². The van der Waals surface area contributed by atoms with Gasteiger partial charge in [-0.3, -0.25) is 4.79 Å². The maximum atomic E-state index is 12.4. The number of carbonyl (C=O) groups is 2. The van der Waals surface area contributed by atoms with Crippen LogP contribution in [0.4, 0.5) is 0 Å². The molecule has 0 aromatic heterocycles. The highest BCUT2D eigenvalue weighted by Crippen LogP contribution is 2.18. The van der Waals surface area contributed by atoms with Crippen LogP contribution in [0.2, 0.25) is 0 Å². The average Bonchev–Trinajstić information content (AvgIpc) is 2.60. The van der Waals surface area contributed by atoms with E-state index >= 15 is 0 Å². The van der Waals surface area contributed by atoms with E-state index in [1.807, 2.05) is 19.1 Å². The lowest BCUT2D eigenvalue weighted by Crippen LogP contribution is -2.25. The molecule has 0 aliphatic carbocycles. The van der Waals surface area contributed by atoms with Crippen LogP contribution >= 0.6 is 0 Å². The van der Waals surface area contributed by atoms with Crippen LogP contribution in [-0.4, -0.2) is 32.5 Å². The highest BCUT2D eigenvalue weighted by atomic mass is 32.2. The van der Waals surface area contributed by atoms with E-state index in [4.69, 9.17) is 4.74 Å². The van der Waals surface area contributed by atoms with E-state index in [-0.39, 0.29) is 16.2 Å². The number of hydrogen-bond donors (Lipinski definition) is 0. The summed E-state index contributed by atoms with van der Waals surface area (Å²) in [5, 5.41) is 0. The normalized spacial score (nSPS) is 12.4. The molecule has 1 unspecified atom stereocenters. The van der Waals surface area contributed by atoms with Gasteiger partial charge in [0.25, 0.3) is 0 Å². The lowest BCUT2D eigenvalue weighted by atomic mass is 10.0. The summed E-state index contributed by atoms with van der Waals surface area (Å²) in [4.78, 5) is 24.6. The molecule has 2 aromatic rings. The number of esters is 1. The molecule has 2 aromatic carbocycles. The Morgan fingerprint density at radius 1 is 1.04 bits per heavy atom. The smallest absolute Gasteiger partial charge is 0.340 e. The quantitative estimate of drug-likeness (QED) is 0.584. The van der Waals surface area contributed by atoms with Gasteiger partial charge in [-0.25, -0.2) is 13.2 Å². The van der Waals surface area contributed by atoms with Crippen molar-refractivity contribution < 1.29 is 22.7 Å². The maximum Gasteiger partial charge on any atom is 0.340 e. The molecule has 2 rings (SSSR count). The van der Waals surface area contributed by atoms with Gasteiger partial charge in [-0.15, -0.1) is 0 Å². The lowest BCUT2D eigenvalue weighted by Gasteiger charge is -2.14. The van der Waals surface area contributed by atoms with Crippen molar-refractivity contribution in [3.05, 3.63) is 65.2 Å². The summed E-state index contributed by atoms with van der Waals surface area (Å²) in [6.07, 6.45) is 0.858. The molecule has 0 N–H and O–H groups in total. The number of sulfone groups is 1. The van der Waals surface area contributed by atoms with Crippen LogP contribution in [0.5, 0.6) is 0 Å². The SMILES string of the molecule is CCc1ccc(C(=O)C(C)OC(=O)c2ccccc2S(C)(=O)=O)cc1. The van der Waals surface area contributed by atoms with E-state index in [2.05, 4.69) is 0 Å². The molecule has 132 valence electrons. The van der Waals surface area contributed by atoms with Crippen LogP contribution in [0.3, 0.4) is 0 Å².